The number of allylic oxidation sites excluding steroid dienone is 1. The van der Waals surface area contributed by atoms with Gasteiger partial charge in [0, 0.05) is 6.08 Å². The number of hydrogen-bond donors (Lipinski definition) is 6. The molecule has 0 atom stereocenters. The molecule has 0 amide bonds. The van der Waals surface area contributed by atoms with Crippen LogP contribution in [-0.2, 0) is 9.36 Å². The van der Waals surface area contributed by atoms with Gasteiger partial charge in [0.25, 0.3) is 0 Å². The normalized spacial score (nSPS) is 9.73. The maximum Gasteiger partial charge on any atom is 0.466 e. The van der Waals surface area contributed by atoms with E-state index in [1.165, 1.54) is 6.08 Å². The highest BCUT2D eigenvalue weighted by Gasteiger charge is 2.00. The van der Waals surface area contributed by atoms with Crippen LogP contribution in [0.25, 0.3) is 0 Å². The molecule has 0 saturated heterocycles. The zero-order chi connectivity index (χ0) is 12.9. The van der Waals surface area contributed by atoms with Crippen molar-refractivity contribution < 1.29 is 39.4 Å². The van der Waals surface area contributed by atoms with Gasteiger partial charge in [-0.25, -0.2) is 9.36 Å². The van der Waals surface area contributed by atoms with Crippen molar-refractivity contribution in [1.82, 2.24) is 0 Å². The van der Waals surface area contributed by atoms with Gasteiger partial charge in [0.15, 0.2) is 0 Å². The molecule has 0 fully saturated rings. The number of carbonyl (C=O) groups is 1. The fourth-order valence-electron chi connectivity index (χ4n) is 0.143. The Bertz CT molecular complexity index is 197. The van der Waals surface area contributed by atoms with Crippen molar-refractivity contribution in [2.45, 2.75) is 6.92 Å². The Kier molecular flexibility index (Phi) is 17.4. The van der Waals surface area contributed by atoms with Gasteiger partial charge in [0.1, 0.15) is 0 Å². The lowest BCUT2D eigenvalue weighted by molar-refractivity contribution is -0.131. The molecule has 92 valence electrons. The second kappa shape index (κ2) is 13.2. The number of rotatable bonds is 2. The molecule has 9 heteroatoms. The third kappa shape index (κ3) is 159. The van der Waals surface area contributed by atoms with Gasteiger partial charge in [0.05, 0.1) is 13.2 Å². The number of phosphoric acid groups is 1. The van der Waals surface area contributed by atoms with Gasteiger partial charge in [-0.2, -0.15) is 0 Å². The van der Waals surface area contributed by atoms with Gasteiger partial charge in [-0.15, -0.1) is 0 Å². The van der Waals surface area contributed by atoms with Crippen LogP contribution in [-0.4, -0.2) is 49.2 Å². The highest BCUT2D eigenvalue weighted by molar-refractivity contribution is 7.45. The summed E-state index contributed by atoms with van der Waals surface area (Å²) >= 11 is 0. The average molecular weight is 246 g/mol. The van der Waals surface area contributed by atoms with Crippen LogP contribution >= 0.6 is 7.82 Å². The van der Waals surface area contributed by atoms with Crippen LogP contribution in [0.4, 0.5) is 0 Å². The van der Waals surface area contributed by atoms with Crippen molar-refractivity contribution in [3.63, 3.8) is 0 Å². The molecule has 0 heterocycles. The molecule has 0 rings (SSSR count). The molecule has 0 unspecified atom stereocenters. The minimum Gasteiger partial charge on any atom is -0.478 e. The van der Waals surface area contributed by atoms with Crippen molar-refractivity contribution in [3.05, 3.63) is 12.2 Å². The summed E-state index contributed by atoms with van der Waals surface area (Å²) in [5, 5.41) is 23.1. The molecule has 15 heavy (non-hydrogen) atoms. The second-order valence-corrected chi connectivity index (χ2v) is 2.83. The van der Waals surface area contributed by atoms with Crippen LogP contribution in [0.15, 0.2) is 12.2 Å². The van der Waals surface area contributed by atoms with E-state index in [1.54, 1.807) is 6.92 Å². The molecule has 8 nitrogen and oxygen atoms in total. The van der Waals surface area contributed by atoms with E-state index < -0.39 is 13.8 Å². The molecule has 0 aromatic rings. The van der Waals surface area contributed by atoms with Crippen molar-refractivity contribution >= 4 is 13.8 Å². The predicted molar refractivity (Wildman–Crippen MR) is 50.9 cm³/mol. The Labute approximate surface area is 86.4 Å². The summed E-state index contributed by atoms with van der Waals surface area (Å²) in [6.07, 6.45) is 2.56. The summed E-state index contributed by atoms with van der Waals surface area (Å²) in [5.74, 6) is -0.891. The molecule has 0 aliphatic heterocycles. The van der Waals surface area contributed by atoms with Crippen LogP contribution in [0.2, 0.25) is 0 Å². The highest BCUT2D eigenvalue weighted by Crippen LogP contribution is 2.25. The summed E-state index contributed by atoms with van der Waals surface area (Å²) < 4.78 is 8.88. The van der Waals surface area contributed by atoms with Gasteiger partial charge in [-0.3, -0.25) is 0 Å². The summed E-state index contributed by atoms with van der Waals surface area (Å²) in [6.45, 7) is 1.41. The summed E-state index contributed by atoms with van der Waals surface area (Å²) in [4.78, 5) is 31.1. The smallest absolute Gasteiger partial charge is 0.466 e. The van der Waals surface area contributed by atoms with E-state index in [1.807, 2.05) is 0 Å². The van der Waals surface area contributed by atoms with E-state index in [4.69, 9.17) is 34.6 Å². The minimum atomic E-state index is -4.64. The zero-order valence-electron chi connectivity index (χ0n) is 8.02. The third-order valence-electron chi connectivity index (χ3n) is 0.409. The Morgan fingerprint density at radius 2 is 1.47 bits per heavy atom. The fourth-order valence-corrected chi connectivity index (χ4v) is 0.143. The highest BCUT2D eigenvalue weighted by atomic mass is 31.2. The molecule has 0 saturated carbocycles. The van der Waals surface area contributed by atoms with Crippen molar-refractivity contribution in [2.24, 2.45) is 0 Å². The first-order valence-corrected chi connectivity index (χ1v) is 5.11. The molecular formula is C6H15O8P. The fraction of sp³-hybridized carbons (Fsp3) is 0.500. The van der Waals surface area contributed by atoms with E-state index in [0.29, 0.717) is 0 Å². The lowest BCUT2D eigenvalue weighted by Gasteiger charge is -1.82. The number of aliphatic hydroxyl groups is 2. The molecular weight excluding hydrogens is 231 g/mol. The Morgan fingerprint density at radius 3 is 1.47 bits per heavy atom. The number of carboxylic acids is 1. The standard InChI is InChI=1S/C4H6O2.C2H6O2.H3O4P/c1-2-3-4(5)6;3-1-2-4;1-5(2,3)4/h2-3H,1H3,(H,5,6);3-4H,1-2H2;(H3,1,2,3,4). The molecule has 0 aliphatic rings. The topological polar surface area (TPSA) is 156 Å². The molecule has 0 aromatic heterocycles. The van der Waals surface area contributed by atoms with Crippen LogP contribution in [0.1, 0.15) is 6.92 Å². The Morgan fingerprint density at radius 1 is 1.20 bits per heavy atom. The van der Waals surface area contributed by atoms with Crippen molar-refractivity contribution in [1.29, 1.82) is 0 Å². The van der Waals surface area contributed by atoms with E-state index in [9.17, 15) is 4.79 Å². The number of aliphatic hydroxyl groups excluding tert-OH is 2. The van der Waals surface area contributed by atoms with E-state index in [-0.39, 0.29) is 13.2 Å². The lowest BCUT2D eigenvalue weighted by atomic mass is 10.5. The Hall–Kier alpha value is -0.760. The maximum atomic E-state index is 9.51. The molecule has 0 aliphatic carbocycles. The van der Waals surface area contributed by atoms with Crippen LogP contribution in [0, 0.1) is 0 Å². The second-order valence-electron chi connectivity index (χ2n) is 1.80. The Balaban J connectivity index is -0.000000147. The zero-order valence-corrected chi connectivity index (χ0v) is 8.91. The van der Waals surface area contributed by atoms with Crippen molar-refractivity contribution in [2.75, 3.05) is 13.2 Å². The molecule has 0 aromatic carbocycles. The maximum absolute atomic E-state index is 9.51. The van der Waals surface area contributed by atoms with E-state index in [0.717, 1.165) is 6.08 Å². The van der Waals surface area contributed by atoms with Crippen LogP contribution in [0.5, 0.6) is 0 Å². The van der Waals surface area contributed by atoms with Gasteiger partial charge in [-0.05, 0) is 6.92 Å². The van der Waals surface area contributed by atoms with Crippen LogP contribution in [0.3, 0.4) is 0 Å². The number of aliphatic carboxylic acids is 1. The first-order valence-electron chi connectivity index (χ1n) is 3.54. The van der Waals surface area contributed by atoms with E-state index in [2.05, 4.69) is 0 Å². The number of carboxylic acid groups (broad SMARTS) is 1. The van der Waals surface area contributed by atoms with Gasteiger partial charge < -0.3 is 30.0 Å². The SMILES string of the molecule is CC=CC(=O)O.O=P(O)(O)O.OCCO. The van der Waals surface area contributed by atoms with Crippen molar-refractivity contribution in [3.8, 4) is 0 Å². The largest absolute Gasteiger partial charge is 0.478 e. The van der Waals surface area contributed by atoms with Gasteiger partial charge >= 0.3 is 13.8 Å². The summed E-state index contributed by atoms with van der Waals surface area (Å²) in [7, 11) is -4.64. The van der Waals surface area contributed by atoms with E-state index >= 15 is 0 Å². The summed E-state index contributed by atoms with van der Waals surface area (Å²) in [6, 6.07) is 0. The van der Waals surface area contributed by atoms with Crippen LogP contribution < -0.4 is 0 Å². The first-order chi connectivity index (χ1) is 6.68. The van der Waals surface area contributed by atoms with Gasteiger partial charge in [-0.1, -0.05) is 6.08 Å². The predicted octanol–water partition coefficient (Wildman–Crippen LogP) is -1.31. The first kappa shape index (κ1) is 19.8. The number of hydrogen-bond acceptors (Lipinski definition) is 4. The molecule has 0 radical (unpaired) electrons. The third-order valence-corrected chi connectivity index (χ3v) is 0.409. The lowest BCUT2D eigenvalue weighted by Crippen LogP contribution is -1.85. The molecule has 0 bridgehead atoms. The quantitative estimate of drug-likeness (QED) is 0.259. The molecule has 0 spiro atoms. The minimum absolute atomic E-state index is 0.125. The van der Waals surface area contributed by atoms with Gasteiger partial charge in [0.2, 0.25) is 0 Å². The molecule has 6 N–H and O–H groups in total. The monoisotopic (exact) mass is 246 g/mol. The average Bonchev–Trinajstić information content (AvgIpc) is 2.01. The summed E-state index contributed by atoms with van der Waals surface area (Å²) in [5.41, 5.74) is 0.